The van der Waals surface area contributed by atoms with Gasteiger partial charge in [-0.3, -0.25) is 4.79 Å². The predicted octanol–water partition coefficient (Wildman–Crippen LogP) is 4.44. The summed E-state index contributed by atoms with van der Waals surface area (Å²) >= 11 is 0. The van der Waals surface area contributed by atoms with Crippen LogP contribution in [0.3, 0.4) is 0 Å². The largest absolute Gasteiger partial charge is 0.457 e. The summed E-state index contributed by atoms with van der Waals surface area (Å²) in [4.78, 5) is 24.7. The summed E-state index contributed by atoms with van der Waals surface area (Å²) < 4.78 is 18.2. The minimum Gasteiger partial charge on any atom is -0.457 e. The van der Waals surface area contributed by atoms with E-state index in [4.69, 9.17) is 4.74 Å². The molecule has 0 aromatic heterocycles. The second kappa shape index (κ2) is 8.07. The van der Waals surface area contributed by atoms with Crippen LogP contribution < -0.4 is 5.32 Å². The van der Waals surface area contributed by atoms with E-state index in [1.165, 1.54) is 12.1 Å². The smallest absolute Gasteiger partial charge is 0.340 e. The molecule has 0 unspecified atom stereocenters. The van der Waals surface area contributed by atoms with Gasteiger partial charge in [0.1, 0.15) is 12.4 Å². The zero-order valence-corrected chi connectivity index (χ0v) is 13.8. The molecule has 0 bridgehead atoms. The Bertz CT molecular complexity index is 908. The lowest BCUT2D eigenvalue weighted by Gasteiger charge is -2.11. The second-order valence-electron chi connectivity index (χ2n) is 5.57. The van der Waals surface area contributed by atoms with Crippen LogP contribution in [0.5, 0.6) is 0 Å². The van der Waals surface area contributed by atoms with Crippen molar-refractivity contribution >= 4 is 17.6 Å². The Morgan fingerprint density at radius 3 is 2.23 bits per heavy atom. The fourth-order valence-electron chi connectivity index (χ4n) is 2.36. The molecule has 0 aliphatic heterocycles. The molecule has 0 fully saturated rings. The minimum atomic E-state index is -0.571. The van der Waals surface area contributed by atoms with Crippen molar-refractivity contribution in [3.8, 4) is 0 Å². The number of carbonyl (C=O) groups excluding carboxylic acids is 2. The van der Waals surface area contributed by atoms with Crippen LogP contribution in [-0.2, 0) is 11.3 Å². The van der Waals surface area contributed by atoms with Crippen molar-refractivity contribution in [2.75, 3.05) is 5.32 Å². The fraction of sp³-hybridized carbons (Fsp3) is 0.0476. The van der Waals surface area contributed by atoms with Gasteiger partial charge >= 0.3 is 5.97 Å². The van der Waals surface area contributed by atoms with Gasteiger partial charge in [0.15, 0.2) is 0 Å². The molecule has 1 amide bonds. The third kappa shape index (κ3) is 4.33. The lowest BCUT2D eigenvalue weighted by atomic mass is 10.1. The van der Waals surface area contributed by atoms with E-state index >= 15 is 0 Å². The van der Waals surface area contributed by atoms with Gasteiger partial charge in [0.25, 0.3) is 5.91 Å². The van der Waals surface area contributed by atoms with Crippen molar-refractivity contribution in [1.82, 2.24) is 0 Å². The number of amides is 1. The Morgan fingerprint density at radius 1 is 0.846 bits per heavy atom. The highest BCUT2D eigenvalue weighted by atomic mass is 19.1. The van der Waals surface area contributed by atoms with Gasteiger partial charge < -0.3 is 10.1 Å². The number of benzene rings is 3. The van der Waals surface area contributed by atoms with Crippen molar-refractivity contribution in [2.45, 2.75) is 6.61 Å². The van der Waals surface area contributed by atoms with E-state index < -0.39 is 5.97 Å². The van der Waals surface area contributed by atoms with Crippen LogP contribution in [0.2, 0.25) is 0 Å². The minimum absolute atomic E-state index is 0.0140. The first-order valence-electron chi connectivity index (χ1n) is 8.00. The molecule has 3 aromatic rings. The number of carbonyl (C=O) groups is 2. The molecule has 26 heavy (non-hydrogen) atoms. The zero-order chi connectivity index (χ0) is 18.4. The number of rotatable bonds is 5. The normalized spacial score (nSPS) is 10.2. The van der Waals surface area contributed by atoms with Crippen LogP contribution in [0.4, 0.5) is 10.1 Å². The van der Waals surface area contributed by atoms with Crippen LogP contribution in [0, 0.1) is 5.82 Å². The quantitative estimate of drug-likeness (QED) is 0.693. The molecule has 4 nitrogen and oxygen atoms in total. The first-order chi connectivity index (χ1) is 12.6. The van der Waals surface area contributed by atoms with Gasteiger partial charge in [-0.25, -0.2) is 9.18 Å². The summed E-state index contributed by atoms with van der Waals surface area (Å²) in [5.74, 6) is -1.24. The molecule has 5 heteroatoms. The summed E-state index contributed by atoms with van der Waals surface area (Å²) in [5.41, 5.74) is 1.77. The molecule has 0 aliphatic carbocycles. The van der Waals surface area contributed by atoms with E-state index in [0.29, 0.717) is 16.8 Å². The van der Waals surface area contributed by atoms with Crippen LogP contribution in [0.1, 0.15) is 26.3 Å². The third-order valence-electron chi connectivity index (χ3n) is 3.71. The molecule has 0 saturated carbocycles. The topological polar surface area (TPSA) is 55.4 Å². The number of anilines is 1. The average Bonchev–Trinajstić information content (AvgIpc) is 2.68. The average molecular weight is 349 g/mol. The van der Waals surface area contributed by atoms with Crippen molar-refractivity contribution in [3.63, 3.8) is 0 Å². The SMILES string of the molecule is O=C(Nc1ccccc1C(=O)OCc1ccc(F)cc1)c1ccccc1. The Labute approximate surface area is 150 Å². The number of ether oxygens (including phenoxy) is 1. The van der Waals surface area contributed by atoms with Gasteiger partial charge in [-0.15, -0.1) is 0 Å². The predicted molar refractivity (Wildman–Crippen MR) is 96.4 cm³/mol. The number of para-hydroxylation sites is 1. The number of hydrogen-bond acceptors (Lipinski definition) is 3. The highest BCUT2D eigenvalue weighted by molar-refractivity contribution is 6.07. The summed E-state index contributed by atoms with van der Waals surface area (Å²) in [7, 11) is 0. The Morgan fingerprint density at radius 2 is 1.50 bits per heavy atom. The number of hydrogen-bond donors (Lipinski definition) is 1. The van der Waals surface area contributed by atoms with Crippen LogP contribution in [0.15, 0.2) is 78.9 Å². The zero-order valence-electron chi connectivity index (χ0n) is 13.8. The van der Waals surface area contributed by atoms with Gasteiger partial charge in [0.2, 0.25) is 0 Å². The lowest BCUT2D eigenvalue weighted by molar-refractivity contribution is 0.0474. The fourth-order valence-corrected chi connectivity index (χ4v) is 2.36. The molecular formula is C21H16FNO3. The van der Waals surface area contributed by atoms with Crippen LogP contribution >= 0.6 is 0 Å². The van der Waals surface area contributed by atoms with Crippen LogP contribution in [-0.4, -0.2) is 11.9 Å². The summed E-state index contributed by atoms with van der Waals surface area (Å²) in [6.07, 6.45) is 0. The van der Waals surface area contributed by atoms with Gasteiger partial charge in [0, 0.05) is 5.56 Å². The number of halogens is 1. The molecule has 0 atom stereocenters. The van der Waals surface area contributed by atoms with E-state index in [0.717, 1.165) is 0 Å². The number of esters is 1. The highest BCUT2D eigenvalue weighted by Gasteiger charge is 2.15. The Balaban J connectivity index is 1.70. The molecule has 0 spiro atoms. The van der Waals surface area contributed by atoms with Gasteiger partial charge in [-0.2, -0.15) is 0 Å². The first-order valence-corrected chi connectivity index (χ1v) is 8.00. The third-order valence-corrected chi connectivity index (χ3v) is 3.71. The maximum Gasteiger partial charge on any atom is 0.340 e. The van der Waals surface area contributed by atoms with E-state index in [2.05, 4.69) is 5.32 Å². The molecular weight excluding hydrogens is 333 g/mol. The summed E-state index contributed by atoms with van der Waals surface area (Å²) in [6.45, 7) is 0.0140. The van der Waals surface area contributed by atoms with Gasteiger partial charge in [-0.05, 0) is 42.0 Å². The lowest BCUT2D eigenvalue weighted by Crippen LogP contribution is -2.15. The van der Waals surface area contributed by atoms with Gasteiger partial charge in [-0.1, -0.05) is 42.5 Å². The maximum atomic E-state index is 12.9. The molecule has 1 N–H and O–H groups in total. The van der Waals surface area contributed by atoms with E-state index in [1.807, 2.05) is 6.07 Å². The van der Waals surface area contributed by atoms with Crippen molar-refractivity contribution in [3.05, 3.63) is 101 Å². The Kier molecular flexibility index (Phi) is 5.39. The summed E-state index contributed by atoms with van der Waals surface area (Å²) in [5, 5.41) is 2.72. The van der Waals surface area contributed by atoms with Crippen LogP contribution in [0.25, 0.3) is 0 Å². The van der Waals surface area contributed by atoms with E-state index in [9.17, 15) is 14.0 Å². The standard InChI is InChI=1S/C21H16FNO3/c22-17-12-10-15(11-13-17)14-26-21(25)18-8-4-5-9-19(18)23-20(24)16-6-2-1-3-7-16/h1-13H,14H2,(H,23,24). The molecule has 0 saturated heterocycles. The molecule has 3 aromatic carbocycles. The van der Waals surface area contributed by atoms with Crippen molar-refractivity contribution < 1.29 is 18.7 Å². The molecule has 130 valence electrons. The Hall–Kier alpha value is -3.47. The van der Waals surface area contributed by atoms with E-state index in [1.54, 1.807) is 60.7 Å². The molecule has 0 aliphatic rings. The second-order valence-corrected chi connectivity index (χ2v) is 5.57. The molecule has 3 rings (SSSR count). The number of nitrogens with one attached hydrogen (secondary N) is 1. The van der Waals surface area contributed by atoms with Crippen molar-refractivity contribution in [2.24, 2.45) is 0 Å². The maximum absolute atomic E-state index is 12.9. The van der Waals surface area contributed by atoms with Crippen molar-refractivity contribution in [1.29, 1.82) is 0 Å². The van der Waals surface area contributed by atoms with E-state index in [-0.39, 0.29) is 23.9 Å². The summed E-state index contributed by atoms with van der Waals surface area (Å²) in [6, 6.07) is 21.0. The molecule has 0 heterocycles. The first kappa shape index (κ1) is 17.4. The molecule has 0 radical (unpaired) electrons. The van der Waals surface area contributed by atoms with Gasteiger partial charge in [0.05, 0.1) is 11.3 Å². The highest BCUT2D eigenvalue weighted by Crippen LogP contribution is 2.18. The monoisotopic (exact) mass is 349 g/mol.